The first-order valence-electron chi connectivity index (χ1n) is 7.77. The van der Waals surface area contributed by atoms with Crippen molar-refractivity contribution in [2.24, 2.45) is 4.02 Å². The number of hydrogen-bond acceptors (Lipinski definition) is 4. The lowest BCUT2D eigenvalue weighted by atomic mass is 10.1. The molecule has 21 heavy (non-hydrogen) atoms. The van der Waals surface area contributed by atoms with Gasteiger partial charge in [-0.1, -0.05) is 6.92 Å². The number of hydrogen-bond donors (Lipinski definition) is 1. The molecule has 3 fully saturated rings. The van der Waals surface area contributed by atoms with E-state index in [2.05, 4.69) is 32.4 Å². The minimum atomic E-state index is -0.467. The van der Waals surface area contributed by atoms with Crippen molar-refractivity contribution in [2.45, 2.75) is 76.1 Å². The summed E-state index contributed by atoms with van der Waals surface area (Å²) in [5, 5.41) is 3.46. The van der Waals surface area contributed by atoms with E-state index in [4.69, 9.17) is 4.74 Å². The van der Waals surface area contributed by atoms with Gasteiger partial charge in [-0.25, -0.2) is 8.81 Å². The second kappa shape index (κ2) is 4.69. The molecule has 1 amide bonds. The standard InChI is InChI=1S/C15H24BrN3O2/c1-5-17-10-11(18-16)15(10)9-8-14(6-7-14)19(15)12(20)21-13(2,3)4/h10,17H,5-9H2,1-4H3/t10?,15-/m1/s1. The summed E-state index contributed by atoms with van der Waals surface area (Å²) in [7, 11) is 0. The fourth-order valence-electron chi connectivity index (χ4n) is 3.81. The van der Waals surface area contributed by atoms with Gasteiger partial charge in [-0.05, 0) is 53.0 Å². The minimum Gasteiger partial charge on any atom is -0.444 e. The van der Waals surface area contributed by atoms with Crippen molar-refractivity contribution in [1.29, 1.82) is 0 Å². The molecule has 0 aromatic heterocycles. The van der Waals surface area contributed by atoms with Crippen LogP contribution in [0.1, 0.15) is 53.4 Å². The Morgan fingerprint density at radius 3 is 2.52 bits per heavy atom. The van der Waals surface area contributed by atoms with E-state index in [0.29, 0.717) is 0 Å². The second-order valence-corrected chi connectivity index (χ2v) is 7.78. The molecule has 118 valence electrons. The molecule has 3 aliphatic rings. The van der Waals surface area contributed by atoms with Crippen LogP contribution >= 0.6 is 16.1 Å². The lowest BCUT2D eigenvalue weighted by Gasteiger charge is -2.33. The molecule has 0 aromatic rings. The van der Waals surface area contributed by atoms with Crippen LogP contribution in [0.25, 0.3) is 0 Å². The molecule has 1 heterocycles. The zero-order valence-electron chi connectivity index (χ0n) is 13.2. The molecule has 5 nitrogen and oxygen atoms in total. The van der Waals surface area contributed by atoms with Gasteiger partial charge in [0, 0.05) is 5.54 Å². The fourth-order valence-corrected chi connectivity index (χ4v) is 4.32. The van der Waals surface area contributed by atoms with E-state index in [0.717, 1.165) is 37.9 Å². The largest absolute Gasteiger partial charge is 0.444 e. The number of nitrogens with one attached hydrogen (secondary N) is 1. The Morgan fingerprint density at radius 1 is 1.43 bits per heavy atom. The van der Waals surface area contributed by atoms with Crippen LogP contribution < -0.4 is 5.32 Å². The van der Waals surface area contributed by atoms with E-state index in [9.17, 15) is 4.79 Å². The van der Waals surface area contributed by atoms with Gasteiger partial charge in [-0.2, -0.15) is 0 Å². The van der Waals surface area contributed by atoms with E-state index in [1.54, 1.807) is 0 Å². The van der Waals surface area contributed by atoms with Gasteiger partial charge in [-0.3, -0.25) is 4.90 Å². The number of ether oxygens (including phenoxy) is 1. The average Bonchev–Trinajstić information content (AvgIpc) is 3.19. The third kappa shape index (κ3) is 2.22. The highest BCUT2D eigenvalue weighted by Gasteiger charge is 2.76. The van der Waals surface area contributed by atoms with Crippen LogP contribution in [-0.2, 0) is 4.74 Å². The van der Waals surface area contributed by atoms with Gasteiger partial charge < -0.3 is 10.1 Å². The molecule has 1 aliphatic heterocycles. The van der Waals surface area contributed by atoms with E-state index in [1.165, 1.54) is 0 Å². The van der Waals surface area contributed by atoms with E-state index >= 15 is 0 Å². The first-order valence-corrected chi connectivity index (χ1v) is 8.48. The SMILES string of the molecule is CCNC1C(=NBr)[C@@]12CCC1(CC1)N2C(=O)OC(C)(C)C. The molecule has 2 spiro atoms. The molecule has 1 N–H and O–H groups in total. The zero-order chi connectivity index (χ0) is 15.5. The highest BCUT2D eigenvalue weighted by molar-refractivity contribution is 9.08. The summed E-state index contributed by atoms with van der Waals surface area (Å²) in [6.45, 7) is 8.70. The molecule has 0 radical (unpaired) electrons. The Kier molecular flexibility index (Phi) is 3.41. The van der Waals surface area contributed by atoms with Crippen molar-refractivity contribution in [3.8, 4) is 0 Å². The maximum atomic E-state index is 12.8. The summed E-state index contributed by atoms with van der Waals surface area (Å²) >= 11 is 3.24. The smallest absolute Gasteiger partial charge is 0.411 e. The molecule has 2 saturated carbocycles. The second-order valence-electron chi connectivity index (χ2n) is 7.42. The number of carbonyl (C=O) groups is 1. The molecule has 3 rings (SSSR count). The van der Waals surface area contributed by atoms with E-state index in [-0.39, 0.29) is 23.2 Å². The zero-order valence-corrected chi connectivity index (χ0v) is 14.8. The van der Waals surface area contributed by atoms with E-state index < -0.39 is 5.60 Å². The van der Waals surface area contributed by atoms with Crippen LogP contribution in [-0.4, -0.2) is 46.0 Å². The van der Waals surface area contributed by atoms with E-state index in [1.807, 2.05) is 25.7 Å². The number of rotatable bonds is 2. The fraction of sp³-hybridized carbons (Fsp3) is 0.867. The molecule has 2 aliphatic carbocycles. The third-order valence-electron chi connectivity index (χ3n) is 4.86. The Bertz CT molecular complexity index is 496. The summed E-state index contributed by atoms with van der Waals surface area (Å²) in [5.41, 5.74) is 0.331. The maximum absolute atomic E-state index is 12.8. The van der Waals surface area contributed by atoms with Gasteiger partial charge in [0.25, 0.3) is 0 Å². The van der Waals surface area contributed by atoms with Crippen LogP contribution in [0.5, 0.6) is 0 Å². The van der Waals surface area contributed by atoms with Crippen molar-refractivity contribution in [1.82, 2.24) is 10.2 Å². The molecule has 1 saturated heterocycles. The van der Waals surface area contributed by atoms with Gasteiger partial charge in [0.05, 0.1) is 27.9 Å². The van der Waals surface area contributed by atoms with Gasteiger partial charge in [0.15, 0.2) is 0 Å². The van der Waals surface area contributed by atoms with Crippen molar-refractivity contribution in [3.05, 3.63) is 0 Å². The first-order chi connectivity index (χ1) is 9.81. The lowest BCUT2D eigenvalue weighted by Crippen LogP contribution is -2.50. The highest BCUT2D eigenvalue weighted by Crippen LogP contribution is 2.62. The van der Waals surface area contributed by atoms with Crippen molar-refractivity contribution in [3.63, 3.8) is 0 Å². The van der Waals surface area contributed by atoms with Crippen molar-refractivity contribution >= 4 is 28.0 Å². The number of likely N-dealkylation sites (tertiary alicyclic amines) is 1. The molecular formula is C15H24BrN3O2. The predicted octanol–water partition coefficient (Wildman–Crippen LogP) is 3.03. The van der Waals surface area contributed by atoms with Crippen LogP contribution in [0.15, 0.2) is 4.02 Å². The lowest BCUT2D eigenvalue weighted by molar-refractivity contribution is 0.0102. The third-order valence-corrected chi connectivity index (χ3v) is 5.24. The topological polar surface area (TPSA) is 53.9 Å². The van der Waals surface area contributed by atoms with Gasteiger partial charge in [-0.15, -0.1) is 0 Å². The number of carbonyl (C=O) groups excluding carboxylic acids is 1. The van der Waals surface area contributed by atoms with Crippen LogP contribution in [0.4, 0.5) is 4.79 Å². The molecule has 1 unspecified atom stereocenters. The number of likely N-dealkylation sites (N-methyl/N-ethyl adjacent to an activating group) is 1. The normalized spacial score (nSPS) is 34.8. The van der Waals surface area contributed by atoms with Gasteiger partial charge in [0.1, 0.15) is 11.1 Å². The van der Waals surface area contributed by atoms with Crippen LogP contribution in [0, 0.1) is 0 Å². The van der Waals surface area contributed by atoms with Crippen molar-refractivity contribution in [2.75, 3.05) is 6.54 Å². The Morgan fingerprint density at radius 2 is 2.05 bits per heavy atom. The number of nitrogens with zero attached hydrogens (tertiary/aromatic N) is 2. The summed E-state index contributed by atoms with van der Waals surface area (Å²) < 4.78 is 9.96. The highest BCUT2D eigenvalue weighted by atomic mass is 79.9. The quantitative estimate of drug-likeness (QED) is 0.826. The molecule has 0 bridgehead atoms. The molecule has 2 atom stereocenters. The predicted molar refractivity (Wildman–Crippen MR) is 85.8 cm³/mol. The van der Waals surface area contributed by atoms with Crippen LogP contribution in [0.2, 0.25) is 0 Å². The maximum Gasteiger partial charge on any atom is 0.411 e. The summed E-state index contributed by atoms with van der Waals surface area (Å²) in [4.78, 5) is 14.8. The Labute approximate surface area is 134 Å². The minimum absolute atomic E-state index is 0.0233. The molecule has 6 heteroatoms. The monoisotopic (exact) mass is 357 g/mol. The number of amides is 1. The van der Waals surface area contributed by atoms with Gasteiger partial charge in [0.2, 0.25) is 0 Å². The summed E-state index contributed by atoms with van der Waals surface area (Å²) in [6.07, 6.45) is 4.02. The summed E-state index contributed by atoms with van der Waals surface area (Å²) in [6, 6.07) is 0.161. The summed E-state index contributed by atoms with van der Waals surface area (Å²) in [5.74, 6) is 0. The molecule has 0 aromatic carbocycles. The molecular weight excluding hydrogens is 334 g/mol. The van der Waals surface area contributed by atoms with Gasteiger partial charge >= 0.3 is 6.09 Å². The number of halogens is 1. The Hall–Kier alpha value is -0.620. The van der Waals surface area contributed by atoms with Crippen molar-refractivity contribution < 1.29 is 9.53 Å². The van der Waals surface area contributed by atoms with Crippen LogP contribution in [0.3, 0.4) is 0 Å². The first kappa shape index (κ1) is 15.3. The average molecular weight is 358 g/mol. The Balaban J connectivity index is 1.90.